The summed E-state index contributed by atoms with van der Waals surface area (Å²) in [5.41, 5.74) is 9.03. The van der Waals surface area contributed by atoms with Crippen LogP contribution in [0.15, 0.2) is 35.5 Å². The predicted molar refractivity (Wildman–Crippen MR) is 51.4 cm³/mol. The fourth-order valence-electron chi connectivity index (χ4n) is 0.682. The molecule has 1 heteroatoms. The normalized spacial score (nSPS) is 10.2. The lowest BCUT2D eigenvalue weighted by atomic mass is 10.1. The van der Waals surface area contributed by atoms with Crippen molar-refractivity contribution in [1.29, 1.82) is 0 Å². The fourth-order valence-corrected chi connectivity index (χ4v) is 0.682. The van der Waals surface area contributed by atoms with Gasteiger partial charge in [0.1, 0.15) is 0 Å². The van der Waals surface area contributed by atoms with Crippen molar-refractivity contribution in [3.8, 4) is 0 Å². The van der Waals surface area contributed by atoms with E-state index in [1.807, 2.05) is 19.1 Å². The summed E-state index contributed by atoms with van der Waals surface area (Å²) in [4.78, 5) is 0. The van der Waals surface area contributed by atoms with E-state index in [0.29, 0.717) is 6.54 Å². The lowest BCUT2D eigenvalue weighted by molar-refractivity contribution is 1.13. The quantitative estimate of drug-likeness (QED) is 0.616. The number of hydrogen-bond acceptors (Lipinski definition) is 1. The molecule has 0 aliphatic carbocycles. The number of nitrogens with two attached hydrogens (primary N) is 1. The van der Waals surface area contributed by atoms with Crippen LogP contribution in [0.25, 0.3) is 0 Å². The minimum absolute atomic E-state index is 0.603. The first-order valence-electron chi connectivity index (χ1n) is 3.78. The summed E-state index contributed by atoms with van der Waals surface area (Å²) in [5.74, 6) is 0. The zero-order valence-electron chi connectivity index (χ0n) is 7.65. The summed E-state index contributed by atoms with van der Waals surface area (Å²) in [6.07, 6.45) is 4.01. The Kier molecular flexibility index (Phi) is 4.55. The Balaban J connectivity index is 4.33. The fraction of sp³-hybridized carbons (Fsp3) is 0.400. The first-order valence-corrected chi connectivity index (χ1v) is 3.78. The largest absolute Gasteiger partial charge is 0.326 e. The third kappa shape index (κ3) is 4.57. The van der Waals surface area contributed by atoms with Gasteiger partial charge >= 0.3 is 0 Å². The Labute approximate surface area is 69.3 Å². The molecule has 0 saturated carbocycles. The SMILES string of the molecule is C=C(C)C=CC(CN)=C(C)C. The average molecular weight is 151 g/mol. The van der Waals surface area contributed by atoms with E-state index >= 15 is 0 Å². The molecule has 0 unspecified atom stereocenters. The maximum absolute atomic E-state index is 5.52. The molecule has 0 heterocycles. The van der Waals surface area contributed by atoms with Gasteiger partial charge in [-0.1, -0.05) is 29.9 Å². The lowest BCUT2D eigenvalue weighted by Crippen LogP contribution is -2.02. The Morgan fingerprint density at radius 2 is 1.82 bits per heavy atom. The molecule has 0 fully saturated rings. The lowest BCUT2D eigenvalue weighted by Gasteiger charge is -1.99. The van der Waals surface area contributed by atoms with Crippen LogP contribution in [0.2, 0.25) is 0 Å². The van der Waals surface area contributed by atoms with Crippen molar-refractivity contribution in [3.63, 3.8) is 0 Å². The van der Waals surface area contributed by atoms with Crippen molar-refractivity contribution >= 4 is 0 Å². The predicted octanol–water partition coefficient (Wildman–Crippen LogP) is 2.41. The molecule has 0 bridgehead atoms. The van der Waals surface area contributed by atoms with Crippen molar-refractivity contribution < 1.29 is 0 Å². The van der Waals surface area contributed by atoms with Gasteiger partial charge in [-0.15, -0.1) is 0 Å². The van der Waals surface area contributed by atoms with Gasteiger partial charge in [0, 0.05) is 6.54 Å². The maximum atomic E-state index is 5.52. The highest BCUT2D eigenvalue weighted by molar-refractivity contribution is 5.29. The summed E-state index contributed by atoms with van der Waals surface area (Å²) in [7, 11) is 0. The van der Waals surface area contributed by atoms with Gasteiger partial charge in [0.15, 0.2) is 0 Å². The highest BCUT2D eigenvalue weighted by atomic mass is 14.5. The molecule has 0 aromatic rings. The maximum Gasteiger partial charge on any atom is 0.0177 e. The third-order valence-electron chi connectivity index (χ3n) is 1.43. The molecular formula is C10H17N. The highest BCUT2D eigenvalue weighted by Crippen LogP contribution is 2.04. The van der Waals surface area contributed by atoms with Crippen LogP contribution in [0, 0.1) is 0 Å². The molecular weight excluding hydrogens is 134 g/mol. The van der Waals surface area contributed by atoms with E-state index in [9.17, 15) is 0 Å². The van der Waals surface area contributed by atoms with Crippen LogP contribution in [0.5, 0.6) is 0 Å². The van der Waals surface area contributed by atoms with E-state index in [1.165, 1.54) is 11.1 Å². The second-order valence-corrected chi connectivity index (χ2v) is 2.91. The molecule has 0 aromatic carbocycles. The van der Waals surface area contributed by atoms with E-state index in [2.05, 4.69) is 20.4 Å². The molecule has 0 aliphatic rings. The Morgan fingerprint density at radius 1 is 1.27 bits per heavy atom. The highest BCUT2D eigenvalue weighted by Gasteiger charge is 1.89. The molecule has 62 valence electrons. The zero-order chi connectivity index (χ0) is 8.85. The van der Waals surface area contributed by atoms with Crippen molar-refractivity contribution in [2.75, 3.05) is 6.54 Å². The van der Waals surface area contributed by atoms with E-state index in [0.717, 1.165) is 5.57 Å². The zero-order valence-corrected chi connectivity index (χ0v) is 7.65. The summed E-state index contributed by atoms with van der Waals surface area (Å²) >= 11 is 0. The van der Waals surface area contributed by atoms with Crippen LogP contribution in [0.1, 0.15) is 20.8 Å². The average Bonchev–Trinajstić information content (AvgIpc) is 1.87. The molecule has 0 saturated heterocycles. The Morgan fingerprint density at radius 3 is 2.09 bits per heavy atom. The second-order valence-electron chi connectivity index (χ2n) is 2.91. The van der Waals surface area contributed by atoms with Gasteiger partial charge in [-0.05, 0) is 26.3 Å². The van der Waals surface area contributed by atoms with Gasteiger partial charge in [0.2, 0.25) is 0 Å². The molecule has 0 rings (SSSR count). The van der Waals surface area contributed by atoms with E-state index in [1.54, 1.807) is 0 Å². The summed E-state index contributed by atoms with van der Waals surface area (Å²) < 4.78 is 0. The molecule has 0 aromatic heterocycles. The van der Waals surface area contributed by atoms with Crippen LogP contribution in [-0.4, -0.2) is 6.54 Å². The van der Waals surface area contributed by atoms with E-state index < -0.39 is 0 Å². The van der Waals surface area contributed by atoms with Crippen LogP contribution in [0.3, 0.4) is 0 Å². The topological polar surface area (TPSA) is 26.0 Å². The van der Waals surface area contributed by atoms with Crippen molar-refractivity contribution in [1.82, 2.24) is 0 Å². The Hall–Kier alpha value is -0.820. The number of rotatable bonds is 3. The van der Waals surface area contributed by atoms with Crippen molar-refractivity contribution in [2.24, 2.45) is 5.73 Å². The molecule has 0 atom stereocenters. The van der Waals surface area contributed by atoms with Gasteiger partial charge in [-0.2, -0.15) is 0 Å². The van der Waals surface area contributed by atoms with E-state index in [4.69, 9.17) is 5.73 Å². The van der Waals surface area contributed by atoms with Crippen LogP contribution in [-0.2, 0) is 0 Å². The van der Waals surface area contributed by atoms with Gasteiger partial charge in [0.05, 0.1) is 0 Å². The van der Waals surface area contributed by atoms with Gasteiger partial charge in [-0.3, -0.25) is 0 Å². The van der Waals surface area contributed by atoms with Crippen LogP contribution >= 0.6 is 0 Å². The van der Waals surface area contributed by atoms with E-state index in [-0.39, 0.29) is 0 Å². The molecule has 1 nitrogen and oxygen atoms in total. The smallest absolute Gasteiger partial charge is 0.0177 e. The summed E-state index contributed by atoms with van der Waals surface area (Å²) in [5, 5.41) is 0. The van der Waals surface area contributed by atoms with Gasteiger partial charge in [0.25, 0.3) is 0 Å². The minimum atomic E-state index is 0.603. The standard InChI is InChI=1S/C10H17N/c1-8(2)5-6-10(7-11)9(3)4/h5-6H,1,7,11H2,2-4H3. The molecule has 0 radical (unpaired) electrons. The first-order chi connectivity index (χ1) is 5.07. The molecule has 0 spiro atoms. The Bertz CT molecular complexity index is 193. The summed E-state index contributed by atoms with van der Waals surface area (Å²) in [6.45, 7) is 10.5. The summed E-state index contributed by atoms with van der Waals surface area (Å²) in [6, 6.07) is 0. The van der Waals surface area contributed by atoms with Crippen molar-refractivity contribution in [2.45, 2.75) is 20.8 Å². The minimum Gasteiger partial charge on any atom is -0.326 e. The van der Waals surface area contributed by atoms with Crippen molar-refractivity contribution in [3.05, 3.63) is 35.5 Å². The molecule has 11 heavy (non-hydrogen) atoms. The number of hydrogen-bond donors (Lipinski definition) is 1. The van der Waals surface area contributed by atoms with Gasteiger partial charge < -0.3 is 5.73 Å². The third-order valence-corrected chi connectivity index (χ3v) is 1.43. The van der Waals surface area contributed by atoms with Gasteiger partial charge in [-0.25, -0.2) is 0 Å². The second kappa shape index (κ2) is 4.91. The molecule has 0 amide bonds. The first kappa shape index (κ1) is 10.2. The monoisotopic (exact) mass is 151 g/mol. The van der Waals surface area contributed by atoms with Crippen LogP contribution in [0.4, 0.5) is 0 Å². The molecule has 0 aliphatic heterocycles. The number of allylic oxidation sites excluding steroid dienone is 3. The van der Waals surface area contributed by atoms with Crippen LogP contribution < -0.4 is 5.73 Å². The molecule has 2 N–H and O–H groups in total.